The summed E-state index contributed by atoms with van der Waals surface area (Å²) in [6, 6.07) is 1.66. The monoisotopic (exact) mass is 305 g/mol. The van der Waals surface area contributed by atoms with Crippen molar-refractivity contribution in [3.63, 3.8) is 0 Å². The average molecular weight is 305 g/mol. The van der Waals surface area contributed by atoms with Crippen LogP contribution in [0.4, 0.5) is 5.69 Å². The SMILES string of the molecule is COC(=O)c1scc(C)c1NC(=O)c1cc(C)nnc1C. The molecule has 0 atom stereocenters. The Labute approximate surface area is 126 Å². The highest BCUT2D eigenvalue weighted by Crippen LogP contribution is 2.28. The summed E-state index contributed by atoms with van der Waals surface area (Å²) in [5, 5.41) is 12.4. The molecule has 0 bridgehead atoms. The van der Waals surface area contributed by atoms with Crippen molar-refractivity contribution >= 4 is 28.9 Å². The van der Waals surface area contributed by atoms with Gasteiger partial charge in [0.05, 0.1) is 29.7 Å². The van der Waals surface area contributed by atoms with Crippen LogP contribution < -0.4 is 5.32 Å². The Morgan fingerprint density at radius 2 is 1.95 bits per heavy atom. The van der Waals surface area contributed by atoms with Gasteiger partial charge in [0.1, 0.15) is 4.88 Å². The largest absolute Gasteiger partial charge is 0.465 e. The molecule has 0 radical (unpaired) electrons. The van der Waals surface area contributed by atoms with E-state index in [0.29, 0.717) is 27.5 Å². The van der Waals surface area contributed by atoms with Crippen LogP contribution in [0.1, 0.15) is 37.0 Å². The van der Waals surface area contributed by atoms with Gasteiger partial charge in [0.2, 0.25) is 0 Å². The zero-order valence-electron chi connectivity index (χ0n) is 12.2. The molecule has 0 aliphatic rings. The normalized spacial score (nSPS) is 10.3. The van der Waals surface area contributed by atoms with Gasteiger partial charge in [-0.1, -0.05) is 0 Å². The van der Waals surface area contributed by atoms with E-state index in [1.165, 1.54) is 18.4 Å². The van der Waals surface area contributed by atoms with Gasteiger partial charge >= 0.3 is 5.97 Å². The summed E-state index contributed by atoms with van der Waals surface area (Å²) in [5.41, 5.74) is 2.91. The Morgan fingerprint density at radius 1 is 1.24 bits per heavy atom. The molecule has 2 rings (SSSR count). The second-order valence-electron chi connectivity index (χ2n) is 4.55. The van der Waals surface area contributed by atoms with E-state index in [2.05, 4.69) is 15.5 Å². The lowest BCUT2D eigenvalue weighted by molar-refractivity contribution is 0.0607. The van der Waals surface area contributed by atoms with Gasteiger partial charge in [-0.3, -0.25) is 4.79 Å². The Balaban J connectivity index is 2.34. The van der Waals surface area contributed by atoms with Crippen LogP contribution in [-0.4, -0.2) is 29.2 Å². The molecule has 1 amide bonds. The highest BCUT2D eigenvalue weighted by Gasteiger charge is 2.20. The number of ether oxygens (including phenoxy) is 1. The number of aromatic nitrogens is 2. The number of rotatable bonds is 3. The van der Waals surface area contributed by atoms with Gasteiger partial charge in [-0.15, -0.1) is 11.3 Å². The summed E-state index contributed by atoms with van der Waals surface area (Å²) < 4.78 is 4.72. The molecule has 7 heteroatoms. The van der Waals surface area contributed by atoms with Crippen LogP contribution in [0.25, 0.3) is 0 Å². The van der Waals surface area contributed by atoms with Gasteiger partial charge in [0, 0.05) is 0 Å². The maximum absolute atomic E-state index is 12.4. The molecule has 0 saturated carbocycles. The molecule has 0 saturated heterocycles. The van der Waals surface area contributed by atoms with Crippen molar-refractivity contribution < 1.29 is 14.3 Å². The lowest BCUT2D eigenvalue weighted by Crippen LogP contribution is -2.17. The molecule has 0 aliphatic heterocycles. The number of hydrogen-bond acceptors (Lipinski definition) is 6. The van der Waals surface area contributed by atoms with Gasteiger partial charge < -0.3 is 10.1 Å². The van der Waals surface area contributed by atoms with Crippen molar-refractivity contribution in [2.75, 3.05) is 12.4 Å². The van der Waals surface area contributed by atoms with E-state index in [0.717, 1.165) is 5.56 Å². The number of methoxy groups -OCH3 is 1. The van der Waals surface area contributed by atoms with E-state index in [4.69, 9.17) is 4.74 Å². The Bertz CT molecular complexity index is 709. The molecule has 21 heavy (non-hydrogen) atoms. The molecule has 6 nitrogen and oxygen atoms in total. The van der Waals surface area contributed by atoms with Crippen LogP contribution in [0.2, 0.25) is 0 Å². The fourth-order valence-electron chi connectivity index (χ4n) is 1.80. The predicted molar refractivity (Wildman–Crippen MR) is 79.9 cm³/mol. The summed E-state index contributed by atoms with van der Waals surface area (Å²) >= 11 is 1.24. The second-order valence-corrected chi connectivity index (χ2v) is 5.43. The third kappa shape index (κ3) is 3.08. The minimum atomic E-state index is -0.468. The third-order valence-corrected chi connectivity index (χ3v) is 4.01. The molecule has 2 aromatic heterocycles. The molecule has 0 aromatic carbocycles. The van der Waals surface area contributed by atoms with Crippen LogP contribution in [-0.2, 0) is 4.74 Å². The van der Waals surface area contributed by atoms with Crippen molar-refractivity contribution in [2.45, 2.75) is 20.8 Å². The number of esters is 1. The summed E-state index contributed by atoms with van der Waals surface area (Å²) in [4.78, 5) is 24.5. The molecular formula is C14H15N3O3S. The summed E-state index contributed by atoms with van der Waals surface area (Å²) in [6.45, 7) is 5.30. The van der Waals surface area contributed by atoms with Crippen LogP contribution >= 0.6 is 11.3 Å². The van der Waals surface area contributed by atoms with Crippen LogP contribution in [0.5, 0.6) is 0 Å². The van der Waals surface area contributed by atoms with Gasteiger partial charge in [0.15, 0.2) is 0 Å². The first-order chi connectivity index (χ1) is 9.93. The molecule has 0 spiro atoms. The Morgan fingerprint density at radius 3 is 2.62 bits per heavy atom. The smallest absolute Gasteiger partial charge is 0.350 e. The first-order valence-electron chi connectivity index (χ1n) is 6.22. The first kappa shape index (κ1) is 15.1. The van der Waals surface area contributed by atoms with Gasteiger partial charge in [-0.05, 0) is 37.8 Å². The summed E-state index contributed by atoms with van der Waals surface area (Å²) in [7, 11) is 1.31. The lowest BCUT2D eigenvalue weighted by Gasteiger charge is -2.09. The van der Waals surface area contributed by atoms with Crippen LogP contribution in [0.3, 0.4) is 0 Å². The van der Waals surface area contributed by atoms with Crippen molar-refractivity contribution in [3.05, 3.63) is 38.8 Å². The van der Waals surface area contributed by atoms with E-state index in [1.807, 2.05) is 6.92 Å². The topological polar surface area (TPSA) is 81.2 Å². The maximum Gasteiger partial charge on any atom is 0.350 e. The van der Waals surface area contributed by atoms with E-state index in [9.17, 15) is 9.59 Å². The number of hydrogen-bond donors (Lipinski definition) is 1. The number of carbonyl (C=O) groups excluding carboxylic acids is 2. The fraction of sp³-hybridized carbons (Fsp3) is 0.286. The molecule has 0 unspecified atom stereocenters. The zero-order chi connectivity index (χ0) is 15.6. The molecule has 0 aliphatic carbocycles. The number of amides is 1. The average Bonchev–Trinajstić information content (AvgIpc) is 2.82. The minimum Gasteiger partial charge on any atom is -0.465 e. The standard InChI is InChI=1S/C14H15N3O3S/c1-7-6-21-12(14(19)20-4)11(7)15-13(18)10-5-8(2)16-17-9(10)3/h5-6H,1-4H3,(H,15,18). The van der Waals surface area contributed by atoms with Crippen LogP contribution in [0, 0.1) is 20.8 Å². The maximum atomic E-state index is 12.4. The zero-order valence-corrected chi connectivity index (χ0v) is 13.0. The molecule has 0 fully saturated rings. The lowest BCUT2D eigenvalue weighted by atomic mass is 10.1. The quantitative estimate of drug-likeness (QED) is 0.881. The van der Waals surface area contributed by atoms with Crippen molar-refractivity contribution in [3.8, 4) is 0 Å². The van der Waals surface area contributed by atoms with Crippen LogP contribution in [0.15, 0.2) is 11.4 Å². The number of nitrogens with one attached hydrogen (secondary N) is 1. The predicted octanol–water partition coefficient (Wildman–Crippen LogP) is 2.50. The molecule has 110 valence electrons. The van der Waals surface area contributed by atoms with Crippen molar-refractivity contribution in [1.29, 1.82) is 0 Å². The molecule has 2 heterocycles. The fourth-order valence-corrected chi connectivity index (χ4v) is 2.73. The second kappa shape index (κ2) is 6.01. The molecule has 1 N–H and O–H groups in total. The number of thiophene rings is 1. The van der Waals surface area contributed by atoms with Crippen molar-refractivity contribution in [1.82, 2.24) is 10.2 Å². The van der Waals surface area contributed by atoms with Gasteiger partial charge in [-0.25, -0.2) is 4.79 Å². The van der Waals surface area contributed by atoms with E-state index in [1.54, 1.807) is 25.3 Å². The van der Waals surface area contributed by atoms with Crippen molar-refractivity contribution in [2.24, 2.45) is 0 Å². The Kier molecular flexibility index (Phi) is 4.32. The third-order valence-electron chi connectivity index (χ3n) is 2.93. The number of aryl methyl sites for hydroxylation is 3. The van der Waals surface area contributed by atoms with E-state index >= 15 is 0 Å². The Hall–Kier alpha value is -2.28. The number of nitrogens with zero attached hydrogens (tertiary/aromatic N) is 2. The van der Waals surface area contributed by atoms with Gasteiger partial charge in [0.25, 0.3) is 5.91 Å². The number of carbonyl (C=O) groups is 2. The summed E-state index contributed by atoms with van der Waals surface area (Å²) in [5.74, 6) is -0.790. The highest BCUT2D eigenvalue weighted by molar-refractivity contribution is 7.12. The first-order valence-corrected chi connectivity index (χ1v) is 7.10. The minimum absolute atomic E-state index is 0.322. The summed E-state index contributed by atoms with van der Waals surface area (Å²) in [6.07, 6.45) is 0. The highest BCUT2D eigenvalue weighted by atomic mass is 32.1. The van der Waals surface area contributed by atoms with E-state index < -0.39 is 5.97 Å². The molecule has 2 aromatic rings. The number of anilines is 1. The van der Waals surface area contributed by atoms with E-state index in [-0.39, 0.29) is 5.91 Å². The molecular weight excluding hydrogens is 290 g/mol. The van der Waals surface area contributed by atoms with Gasteiger partial charge in [-0.2, -0.15) is 10.2 Å².